The van der Waals surface area contributed by atoms with Gasteiger partial charge in [0.25, 0.3) is 0 Å². The quantitative estimate of drug-likeness (QED) is 0.507. The molecule has 1 atom stereocenters. The Kier molecular flexibility index (Phi) is 6.64. The molecule has 13 heavy (non-hydrogen) atoms. The van der Waals surface area contributed by atoms with Crippen LogP contribution in [0.3, 0.4) is 0 Å². The Labute approximate surface area is 84.2 Å². The Morgan fingerprint density at radius 2 is 2.00 bits per heavy atom. The molecule has 0 saturated carbocycles. The van der Waals surface area contributed by atoms with Gasteiger partial charge in [-0.15, -0.1) is 0 Å². The molecule has 0 saturated heterocycles. The SMILES string of the molecule is CCCNCC(C)C[Si](C)(C)OC. The van der Waals surface area contributed by atoms with E-state index in [1.54, 1.807) is 0 Å². The molecule has 0 rings (SSSR count). The average molecular weight is 203 g/mol. The summed E-state index contributed by atoms with van der Waals surface area (Å²) < 4.78 is 5.53. The highest BCUT2D eigenvalue weighted by Gasteiger charge is 2.23. The van der Waals surface area contributed by atoms with E-state index >= 15 is 0 Å². The van der Waals surface area contributed by atoms with Crippen LogP contribution in [0.1, 0.15) is 20.3 Å². The molecule has 2 nitrogen and oxygen atoms in total. The molecule has 0 heterocycles. The second-order valence-corrected chi connectivity index (χ2v) is 8.81. The Balaban J connectivity index is 3.55. The fourth-order valence-corrected chi connectivity index (χ4v) is 3.51. The zero-order valence-corrected chi connectivity index (χ0v) is 10.8. The van der Waals surface area contributed by atoms with Gasteiger partial charge in [-0.2, -0.15) is 0 Å². The summed E-state index contributed by atoms with van der Waals surface area (Å²) in [5, 5.41) is 3.45. The van der Waals surface area contributed by atoms with Gasteiger partial charge in [0.05, 0.1) is 0 Å². The normalized spacial score (nSPS) is 14.5. The lowest BCUT2D eigenvalue weighted by Crippen LogP contribution is -2.34. The van der Waals surface area contributed by atoms with Crippen LogP contribution in [0.15, 0.2) is 0 Å². The van der Waals surface area contributed by atoms with Crippen molar-refractivity contribution in [3.05, 3.63) is 0 Å². The van der Waals surface area contributed by atoms with Crippen LogP contribution in [0.25, 0.3) is 0 Å². The Morgan fingerprint density at radius 1 is 1.38 bits per heavy atom. The molecule has 0 amide bonds. The van der Waals surface area contributed by atoms with E-state index < -0.39 is 8.32 Å². The van der Waals surface area contributed by atoms with E-state index in [0.717, 1.165) is 19.0 Å². The van der Waals surface area contributed by atoms with E-state index in [9.17, 15) is 0 Å². The molecule has 0 fully saturated rings. The highest BCUT2D eigenvalue weighted by molar-refractivity contribution is 6.71. The van der Waals surface area contributed by atoms with Crippen molar-refractivity contribution < 1.29 is 4.43 Å². The van der Waals surface area contributed by atoms with Crippen LogP contribution in [0.4, 0.5) is 0 Å². The topological polar surface area (TPSA) is 21.3 Å². The van der Waals surface area contributed by atoms with E-state index in [0.29, 0.717) is 0 Å². The van der Waals surface area contributed by atoms with Crippen molar-refractivity contribution in [2.24, 2.45) is 5.92 Å². The second-order valence-electron chi connectivity index (χ2n) is 4.48. The molecular formula is C10H25NOSi. The first-order valence-corrected chi connectivity index (χ1v) is 8.39. The number of rotatable bonds is 7. The third-order valence-electron chi connectivity index (χ3n) is 2.31. The zero-order chi connectivity index (χ0) is 10.3. The number of hydrogen-bond donors (Lipinski definition) is 1. The first kappa shape index (κ1) is 13.1. The van der Waals surface area contributed by atoms with Gasteiger partial charge in [0.1, 0.15) is 0 Å². The lowest BCUT2D eigenvalue weighted by atomic mass is 10.2. The van der Waals surface area contributed by atoms with Gasteiger partial charge in [-0.05, 0) is 44.6 Å². The van der Waals surface area contributed by atoms with Crippen LogP contribution in [0.5, 0.6) is 0 Å². The van der Waals surface area contributed by atoms with Gasteiger partial charge in [-0.3, -0.25) is 0 Å². The van der Waals surface area contributed by atoms with E-state index in [4.69, 9.17) is 4.43 Å². The predicted octanol–water partition coefficient (Wildman–Crippen LogP) is 2.47. The van der Waals surface area contributed by atoms with Gasteiger partial charge in [0.15, 0.2) is 8.32 Å². The molecule has 1 N–H and O–H groups in total. The fraction of sp³-hybridized carbons (Fsp3) is 1.00. The van der Waals surface area contributed by atoms with Gasteiger partial charge >= 0.3 is 0 Å². The summed E-state index contributed by atoms with van der Waals surface area (Å²) in [7, 11) is 0.505. The molecule has 0 aliphatic carbocycles. The van der Waals surface area contributed by atoms with E-state index in [1.165, 1.54) is 12.5 Å². The molecule has 1 unspecified atom stereocenters. The van der Waals surface area contributed by atoms with Crippen molar-refractivity contribution in [1.82, 2.24) is 5.32 Å². The van der Waals surface area contributed by atoms with Crippen LogP contribution in [-0.2, 0) is 4.43 Å². The van der Waals surface area contributed by atoms with E-state index in [-0.39, 0.29) is 0 Å². The van der Waals surface area contributed by atoms with Crippen molar-refractivity contribution >= 4 is 8.32 Å². The summed E-state index contributed by atoms with van der Waals surface area (Å²) in [6, 6.07) is 1.25. The Bertz CT molecular complexity index is 128. The van der Waals surface area contributed by atoms with Crippen molar-refractivity contribution in [3.8, 4) is 0 Å². The maximum atomic E-state index is 5.53. The van der Waals surface area contributed by atoms with Crippen molar-refractivity contribution in [2.45, 2.75) is 39.4 Å². The summed E-state index contributed by atoms with van der Waals surface area (Å²) in [5.41, 5.74) is 0. The summed E-state index contributed by atoms with van der Waals surface area (Å²) in [4.78, 5) is 0. The van der Waals surface area contributed by atoms with Gasteiger partial charge in [0, 0.05) is 7.11 Å². The summed E-state index contributed by atoms with van der Waals surface area (Å²) in [6.07, 6.45) is 1.22. The molecule has 0 bridgehead atoms. The first-order chi connectivity index (χ1) is 6.02. The van der Waals surface area contributed by atoms with Crippen molar-refractivity contribution in [3.63, 3.8) is 0 Å². The van der Waals surface area contributed by atoms with Crippen LogP contribution in [0.2, 0.25) is 19.1 Å². The largest absolute Gasteiger partial charge is 0.420 e. The third kappa shape index (κ3) is 7.23. The van der Waals surface area contributed by atoms with Crippen LogP contribution < -0.4 is 5.32 Å². The molecule has 0 aromatic heterocycles. The Hall–Kier alpha value is 0.137. The van der Waals surface area contributed by atoms with Gasteiger partial charge in [-0.1, -0.05) is 13.8 Å². The predicted molar refractivity (Wildman–Crippen MR) is 61.6 cm³/mol. The summed E-state index contributed by atoms with van der Waals surface area (Å²) in [5.74, 6) is 0.744. The molecule has 0 aliphatic rings. The summed E-state index contributed by atoms with van der Waals surface area (Å²) >= 11 is 0. The minimum absolute atomic E-state index is 0.744. The molecular weight excluding hydrogens is 178 g/mol. The van der Waals surface area contributed by atoms with Crippen molar-refractivity contribution in [1.29, 1.82) is 0 Å². The minimum atomic E-state index is -1.34. The maximum absolute atomic E-state index is 5.53. The van der Waals surface area contributed by atoms with Crippen LogP contribution in [-0.4, -0.2) is 28.5 Å². The maximum Gasteiger partial charge on any atom is 0.186 e. The minimum Gasteiger partial charge on any atom is -0.420 e. The fourth-order valence-electron chi connectivity index (χ4n) is 1.52. The van der Waals surface area contributed by atoms with Gasteiger partial charge < -0.3 is 9.74 Å². The zero-order valence-electron chi connectivity index (χ0n) is 9.81. The number of nitrogens with one attached hydrogen (secondary N) is 1. The van der Waals surface area contributed by atoms with Crippen LogP contribution >= 0.6 is 0 Å². The highest BCUT2D eigenvalue weighted by atomic mass is 28.4. The molecule has 0 spiro atoms. The third-order valence-corrected chi connectivity index (χ3v) is 5.10. The lowest BCUT2D eigenvalue weighted by molar-refractivity contribution is 0.390. The van der Waals surface area contributed by atoms with Crippen LogP contribution in [0, 0.1) is 5.92 Å². The van der Waals surface area contributed by atoms with E-state index in [2.05, 4.69) is 32.3 Å². The van der Waals surface area contributed by atoms with E-state index in [1.807, 2.05) is 7.11 Å². The smallest absolute Gasteiger partial charge is 0.186 e. The average Bonchev–Trinajstić information content (AvgIpc) is 2.04. The molecule has 3 heteroatoms. The lowest BCUT2D eigenvalue weighted by Gasteiger charge is -2.24. The van der Waals surface area contributed by atoms with Gasteiger partial charge in [-0.25, -0.2) is 0 Å². The monoisotopic (exact) mass is 203 g/mol. The van der Waals surface area contributed by atoms with Gasteiger partial charge in [0.2, 0.25) is 0 Å². The second kappa shape index (κ2) is 6.57. The highest BCUT2D eigenvalue weighted by Crippen LogP contribution is 2.16. The standard InChI is InChI=1S/C10H25NOSi/c1-6-7-11-8-10(2)9-13(4,5)12-3/h10-11H,6-9H2,1-5H3. The molecule has 0 aromatic carbocycles. The first-order valence-electron chi connectivity index (χ1n) is 5.27. The molecule has 0 aliphatic heterocycles. The number of hydrogen-bond acceptors (Lipinski definition) is 2. The summed E-state index contributed by atoms with van der Waals surface area (Å²) in [6.45, 7) is 11.3. The Morgan fingerprint density at radius 3 is 2.46 bits per heavy atom. The molecule has 0 aromatic rings. The molecule has 0 radical (unpaired) electrons. The molecule has 80 valence electrons. The van der Waals surface area contributed by atoms with Crippen molar-refractivity contribution in [2.75, 3.05) is 20.2 Å².